The highest BCUT2D eigenvalue weighted by Crippen LogP contribution is 2.45. The number of aromatic hydroxyl groups is 1. The second kappa shape index (κ2) is 10.8. The third-order valence-corrected chi connectivity index (χ3v) is 8.48. The number of pyridine rings is 2. The summed E-state index contributed by atoms with van der Waals surface area (Å²) >= 11 is 0. The smallest absolute Gasteiger partial charge is 0.281 e. The molecule has 0 bridgehead atoms. The summed E-state index contributed by atoms with van der Waals surface area (Å²) in [4.78, 5) is 48.1. The molecule has 2 aromatic carbocycles. The van der Waals surface area contributed by atoms with Crippen molar-refractivity contribution in [2.24, 2.45) is 0 Å². The first-order valence-corrected chi connectivity index (χ1v) is 14.4. The Labute approximate surface area is 256 Å². The van der Waals surface area contributed by atoms with Gasteiger partial charge >= 0.3 is 0 Å². The van der Waals surface area contributed by atoms with Crippen LogP contribution in [0.4, 0.5) is 24.5 Å². The standard InChI is InChI=1S/C33H30F3N5O4/c1-6-23(43)39-13-17(5)40-21(14-39)32(44)38-28-31(40)18-12-20(35)25(24-19(34)8-7-9-22(24)42)26(36)30(18)41(33(28)45)29-16(4)10-11-37-27(29)15(2)3/h6-12,15,17,21,42H,1,13-14H2,2-5H3,(H,38,44). The molecule has 0 spiro atoms. The lowest BCUT2D eigenvalue weighted by molar-refractivity contribution is -0.128. The van der Waals surface area contributed by atoms with E-state index in [1.807, 2.05) is 13.8 Å². The van der Waals surface area contributed by atoms with Gasteiger partial charge in [-0.2, -0.15) is 0 Å². The zero-order valence-corrected chi connectivity index (χ0v) is 25.0. The summed E-state index contributed by atoms with van der Waals surface area (Å²) in [5.41, 5.74) is -1.68. The van der Waals surface area contributed by atoms with Crippen molar-refractivity contribution in [3.05, 3.63) is 88.2 Å². The van der Waals surface area contributed by atoms with Crippen molar-refractivity contribution in [3.63, 3.8) is 0 Å². The molecule has 2 aliphatic rings. The second-order valence-electron chi connectivity index (χ2n) is 11.7. The first-order chi connectivity index (χ1) is 21.4. The van der Waals surface area contributed by atoms with Gasteiger partial charge in [-0.05, 0) is 55.7 Å². The number of amides is 2. The van der Waals surface area contributed by atoms with Gasteiger partial charge in [0, 0.05) is 24.2 Å². The number of piperazine rings is 1. The Kier molecular flexibility index (Phi) is 7.18. The maximum atomic E-state index is 17.1. The molecule has 6 rings (SSSR count). The van der Waals surface area contributed by atoms with Crippen LogP contribution in [-0.2, 0) is 9.59 Å². The number of rotatable bonds is 4. The zero-order chi connectivity index (χ0) is 32.5. The van der Waals surface area contributed by atoms with Gasteiger partial charge in [0.1, 0.15) is 29.1 Å². The van der Waals surface area contributed by atoms with Gasteiger partial charge in [-0.1, -0.05) is 26.5 Å². The highest BCUT2D eigenvalue weighted by molar-refractivity contribution is 6.12. The molecule has 4 heterocycles. The number of aromatic nitrogens is 2. The zero-order valence-electron chi connectivity index (χ0n) is 25.0. The number of hydrogen-bond acceptors (Lipinski definition) is 6. The number of nitrogens with zero attached hydrogens (tertiary/aromatic N) is 4. The molecule has 2 unspecified atom stereocenters. The fourth-order valence-corrected chi connectivity index (χ4v) is 6.51. The van der Waals surface area contributed by atoms with Crippen LogP contribution in [0.25, 0.3) is 27.7 Å². The Hall–Kier alpha value is -5.13. The summed E-state index contributed by atoms with van der Waals surface area (Å²) < 4.78 is 49.4. The molecule has 2 amide bonds. The molecule has 0 aliphatic carbocycles. The minimum Gasteiger partial charge on any atom is -0.507 e. The molecule has 2 N–H and O–H groups in total. The van der Waals surface area contributed by atoms with Crippen LogP contribution in [0.15, 0.2) is 54.0 Å². The summed E-state index contributed by atoms with van der Waals surface area (Å²) in [5, 5.41) is 13.1. The number of phenolic OH excluding ortho intramolecular Hbond substituents is 1. The topological polar surface area (TPSA) is 108 Å². The number of nitrogens with one attached hydrogen (secondary N) is 1. The molecule has 1 saturated heterocycles. The van der Waals surface area contributed by atoms with E-state index in [2.05, 4.69) is 16.9 Å². The average Bonchev–Trinajstić information content (AvgIpc) is 2.99. The van der Waals surface area contributed by atoms with E-state index in [0.717, 1.165) is 28.8 Å². The van der Waals surface area contributed by atoms with Crippen LogP contribution in [0.5, 0.6) is 5.75 Å². The lowest BCUT2D eigenvalue weighted by Gasteiger charge is -2.49. The van der Waals surface area contributed by atoms with Crippen molar-refractivity contribution >= 4 is 34.1 Å². The van der Waals surface area contributed by atoms with Crippen LogP contribution < -0.4 is 15.8 Å². The Morgan fingerprint density at radius 3 is 2.51 bits per heavy atom. The monoisotopic (exact) mass is 617 g/mol. The number of hydrogen-bond donors (Lipinski definition) is 2. The van der Waals surface area contributed by atoms with Crippen molar-refractivity contribution in [1.29, 1.82) is 0 Å². The molecule has 9 nitrogen and oxygen atoms in total. The van der Waals surface area contributed by atoms with Gasteiger partial charge in [0.15, 0.2) is 5.82 Å². The van der Waals surface area contributed by atoms with Crippen molar-refractivity contribution < 1.29 is 27.9 Å². The number of halogens is 3. The van der Waals surface area contributed by atoms with Gasteiger partial charge in [-0.25, -0.2) is 13.2 Å². The van der Waals surface area contributed by atoms with Crippen molar-refractivity contribution in [2.45, 2.75) is 45.7 Å². The number of anilines is 2. The van der Waals surface area contributed by atoms with Gasteiger partial charge in [0.2, 0.25) is 11.8 Å². The number of carbonyl (C=O) groups excluding carboxylic acids is 2. The van der Waals surface area contributed by atoms with Crippen LogP contribution in [0.3, 0.4) is 0 Å². The molecule has 0 saturated carbocycles. The van der Waals surface area contributed by atoms with Crippen LogP contribution >= 0.6 is 0 Å². The Morgan fingerprint density at radius 2 is 1.84 bits per heavy atom. The van der Waals surface area contributed by atoms with Gasteiger partial charge in [-0.15, -0.1) is 0 Å². The van der Waals surface area contributed by atoms with E-state index in [-0.39, 0.29) is 52.9 Å². The van der Waals surface area contributed by atoms with Crippen molar-refractivity contribution in [3.8, 4) is 22.6 Å². The Balaban J connectivity index is 1.78. The van der Waals surface area contributed by atoms with Gasteiger partial charge < -0.3 is 20.2 Å². The molecule has 45 heavy (non-hydrogen) atoms. The number of aryl methyl sites for hydroxylation is 1. The van der Waals surface area contributed by atoms with Gasteiger partial charge in [0.25, 0.3) is 5.56 Å². The maximum absolute atomic E-state index is 17.1. The molecule has 232 valence electrons. The molecule has 1 fully saturated rings. The van der Waals surface area contributed by atoms with Crippen LogP contribution in [0.1, 0.15) is 37.9 Å². The van der Waals surface area contributed by atoms with E-state index in [9.17, 15) is 19.5 Å². The molecular formula is C33H30F3N5O4. The molecule has 2 aliphatic heterocycles. The highest BCUT2D eigenvalue weighted by Gasteiger charge is 2.45. The van der Waals surface area contributed by atoms with Crippen LogP contribution in [0.2, 0.25) is 0 Å². The largest absolute Gasteiger partial charge is 0.507 e. The molecule has 2 aromatic heterocycles. The minimum atomic E-state index is -1.29. The highest BCUT2D eigenvalue weighted by atomic mass is 19.1. The van der Waals surface area contributed by atoms with E-state index < -0.39 is 57.9 Å². The normalized spacial score (nSPS) is 17.7. The fraction of sp³-hybridized carbons (Fsp3) is 0.273. The first kappa shape index (κ1) is 29.9. The van der Waals surface area contributed by atoms with E-state index in [1.165, 1.54) is 11.0 Å². The SMILES string of the molecule is C=CC(=O)N1CC(C)N2c3c(c(=O)n(-c4c(C)ccnc4C(C)C)c4c(F)c(-c5c(O)cccc5F)c(F)cc34)NC(=O)C2C1. The number of benzene rings is 2. The molecular weight excluding hydrogens is 587 g/mol. The third kappa shape index (κ3) is 4.46. The van der Waals surface area contributed by atoms with E-state index in [0.29, 0.717) is 11.3 Å². The Bertz CT molecular complexity index is 1990. The minimum absolute atomic E-state index is 0.0591. The van der Waals surface area contributed by atoms with E-state index >= 15 is 13.2 Å². The summed E-state index contributed by atoms with van der Waals surface area (Å²) in [5.74, 6) is -5.44. The third-order valence-electron chi connectivity index (χ3n) is 8.48. The number of phenols is 1. The van der Waals surface area contributed by atoms with Crippen LogP contribution in [0, 0.1) is 24.4 Å². The van der Waals surface area contributed by atoms with E-state index in [4.69, 9.17) is 0 Å². The second-order valence-corrected chi connectivity index (χ2v) is 11.7. The quantitative estimate of drug-likeness (QED) is 0.307. The summed E-state index contributed by atoms with van der Waals surface area (Å²) in [7, 11) is 0. The number of fused-ring (bicyclic) bond motifs is 5. The summed E-state index contributed by atoms with van der Waals surface area (Å²) in [6.45, 7) is 10.7. The van der Waals surface area contributed by atoms with Crippen molar-refractivity contribution in [2.75, 3.05) is 23.3 Å². The van der Waals surface area contributed by atoms with Crippen LogP contribution in [-0.4, -0.2) is 56.5 Å². The molecule has 4 aromatic rings. The predicted octanol–water partition coefficient (Wildman–Crippen LogP) is 5.15. The summed E-state index contributed by atoms with van der Waals surface area (Å²) in [6, 6.07) is 4.34. The molecule has 0 radical (unpaired) electrons. The lowest BCUT2D eigenvalue weighted by atomic mass is 9.95. The summed E-state index contributed by atoms with van der Waals surface area (Å²) in [6.07, 6.45) is 2.69. The first-order valence-electron chi connectivity index (χ1n) is 14.4. The molecule has 12 heteroatoms. The number of carbonyl (C=O) groups is 2. The molecule has 2 atom stereocenters. The van der Waals surface area contributed by atoms with Gasteiger partial charge in [0.05, 0.1) is 40.3 Å². The predicted molar refractivity (Wildman–Crippen MR) is 164 cm³/mol. The Morgan fingerprint density at radius 1 is 1.11 bits per heavy atom. The maximum Gasteiger partial charge on any atom is 0.281 e. The van der Waals surface area contributed by atoms with E-state index in [1.54, 1.807) is 31.0 Å². The van der Waals surface area contributed by atoms with Gasteiger partial charge in [-0.3, -0.25) is 23.9 Å². The van der Waals surface area contributed by atoms with Crippen molar-refractivity contribution in [1.82, 2.24) is 14.5 Å². The lowest BCUT2D eigenvalue weighted by Crippen LogP contribution is -2.65. The fourth-order valence-electron chi connectivity index (χ4n) is 6.51. The average molecular weight is 618 g/mol.